The molecule has 1 atom stereocenters. The van der Waals surface area contributed by atoms with E-state index in [4.69, 9.17) is 4.52 Å². The van der Waals surface area contributed by atoms with Gasteiger partial charge >= 0.3 is 0 Å². The topological polar surface area (TPSA) is 59.2 Å². The average molecular weight is 353 g/mol. The summed E-state index contributed by atoms with van der Waals surface area (Å²) in [5.41, 5.74) is 2.17. The lowest BCUT2D eigenvalue weighted by molar-refractivity contribution is -0.132. The van der Waals surface area contributed by atoms with Crippen LogP contribution in [0.15, 0.2) is 51.7 Å². The molecular weight excluding hydrogens is 334 g/mol. The molecule has 1 unspecified atom stereocenters. The molecule has 0 spiro atoms. The molecule has 1 saturated heterocycles. The van der Waals surface area contributed by atoms with E-state index in [0.717, 1.165) is 24.9 Å². The third-order valence-corrected chi connectivity index (χ3v) is 5.24. The van der Waals surface area contributed by atoms with E-state index in [9.17, 15) is 4.79 Å². The molecule has 1 aromatic carbocycles. The fraction of sp³-hybridized carbons (Fsp3) is 0.316. The van der Waals surface area contributed by atoms with E-state index < -0.39 is 0 Å². The molecule has 6 heteroatoms. The van der Waals surface area contributed by atoms with E-state index in [1.165, 1.54) is 5.56 Å². The van der Waals surface area contributed by atoms with Gasteiger partial charge in [-0.25, -0.2) is 0 Å². The number of carbonyl (C=O) groups is 1. The number of hydrogen-bond acceptors (Lipinski definition) is 5. The van der Waals surface area contributed by atoms with Gasteiger partial charge in [-0.3, -0.25) is 4.79 Å². The highest BCUT2D eigenvalue weighted by Gasteiger charge is 2.29. The molecule has 0 saturated carbocycles. The first-order valence-corrected chi connectivity index (χ1v) is 9.45. The van der Waals surface area contributed by atoms with Crippen molar-refractivity contribution in [3.8, 4) is 11.4 Å². The lowest BCUT2D eigenvalue weighted by atomic mass is 10.0. The van der Waals surface area contributed by atoms with Crippen LogP contribution in [0.5, 0.6) is 0 Å². The summed E-state index contributed by atoms with van der Waals surface area (Å²) in [5.74, 6) is 1.26. The number of amides is 1. The molecule has 0 radical (unpaired) electrons. The van der Waals surface area contributed by atoms with Gasteiger partial charge < -0.3 is 9.42 Å². The smallest absolute Gasteiger partial charge is 0.227 e. The largest absolute Gasteiger partial charge is 0.339 e. The van der Waals surface area contributed by atoms with E-state index in [2.05, 4.69) is 22.3 Å². The molecule has 128 valence electrons. The molecule has 2 aromatic heterocycles. The summed E-state index contributed by atoms with van der Waals surface area (Å²) in [6, 6.07) is 12.4. The minimum Gasteiger partial charge on any atom is -0.339 e. The van der Waals surface area contributed by atoms with Crippen LogP contribution in [0, 0.1) is 0 Å². The Morgan fingerprint density at radius 3 is 2.96 bits per heavy atom. The molecule has 0 bridgehead atoms. The standard InChI is InChI=1S/C19H19N3O2S/c23-18(22-11-4-7-16(22)14-5-2-1-3-6-14)9-8-17-20-19(21-24-17)15-10-12-25-13-15/h1-3,5-6,10,12-13,16H,4,7-9,11H2. The van der Waals surface area contributed by atoms with Crippen molar-refractivity contribution < 1.29 is 9.32 Å². The quantitative estimate of drug-likeness (QED) is 0.693. The minimum atomic E-state index is 0.154. The fourth-order valence-corrected chi connectivity index (χ4v) is 3.94. The molecule has 5 nitrogen and oxygen atoms in total. The van der Waals surface area contributed by atoms with Crippen molar-refractivity contribution in [2.45, 2.75) is 31.7 Å². The minimum absolute atomic E-state index is 0.154. The molecule has 1 aliphatic heterocycles. The van der Waals surface area contributed by atoms with Crippen molar-refractivity contribution >= 4 is 17.2 Å². The van der Waals surface area contributed by atoms with Gasteiger partial charge in [-0.2, -0.15) is 16.3 Å². The van der Waals surface area contributed by atoms with Crippen molar-refractivity contribution in [2.75, 3.05) is 6.54 Å². The molecule has 3 aromatic rings. The molecule has 0 aliphatic carbocycles. The molecule has 1 aliphatic rings. The predicted octanol–water partition coefficient (Wildman–Crippen LogP) is 4.09. The zero-order valence-electron chi connectivity index (χ0n) is 13.8. The molecule has 25 heavy (non-hydrogen) atoms. The van der Waals surface area contributed by atoms with Gasteiger partial charge in [0.2, 0.25) is 17.6 Å². The lowest BCUT2D eigenvalue weighted by Crippen LogP contribution is -2.30. The SMILES string of the molecule is O=C(CCc1nc(-c2ccsc2)no1)N1CCCC1c1ccccc1. The van der Waals surface area contributed by atoms with E-state index in [1.54, 1.807) is 11.3 Å². The van der Waals surface area contributed by atoms with Gasteiger partial charge in [-0.15, -0.1) is 0 Å². The zero-order chi connectivity index (χ0) is 17.1. The maximum atomic E-state index is 12.7. The molecular formula is C19H19N3O2S. The van der Waals surface area contributed by atoms with Gasteiger partial charge in [0.1, 0.15) is 0 Å². The van der Waals surface area contributed by atoms with E-state index >= 15 is 0 Å². The van der Waals surface area contributed by atoms with Crippen LogP contribution < -0.4 is 0 Å². The van der Waals surface area contributed by atoms with Crippen LogP contribution in [0.3, 0.4) is 0 Å². The van der Waals surface area contributed by atoms with Crippen LogP contribution in [0.4, 0.5) is 0 Å². The number of aryl methyl sites for hydroxylation is 1. The summed E-state index contributed by atoms with van der Waals surface area (Å²) in [4.78, 5) is 19.1. The van der Waals surface area contributed by atoms with Crippen LogP contribution in [-0.2, 0) is 11.2 Å². The Morgan fingerprint density at radius 2 is 2.16 bits per heavy atom. The number of benzene rings is 1. The van der Waals surface area contributed by atoms with Crippen LogP contribution in [0.25, 0.3) is 11.4 Å². The molecule has 1 amide bonds. The Morgan fingerprint density at radius 1 is 1.28 bits per heavy atom. The van der Waals surface area contributed by atoms with Crippen LogP contribution in [0.1, 0.15) is 36.8 Å². The third kappa shape index (κ3) is 3.49. The average Bonchev–Trinajstić information content (AvgIpc) is 3.41. The first-order chi connectivity index (χ1) is 12.3. The molecule has 4 rings (SSSR count). The maximum absolute atomic E-state index is 12.7. The summed E-state index contributed by atoms with van der Waals surface area (Å²) in [6.07, 6.45) is 2.95. The summed E-state index contributed by atoms with van der Waals surface area (Å²) < 4.78 is 5.29. The highest BCUT2D eigenvalue weighted by molar-refractivity contribution is 7.08. The van der Waals surface area contributed by atoms with Crippen molar-refractivity contribution in [1.29, 1.82) is 0 Å². The Bertz CT molecular complexity index is 829. The van der Waals surface area contributed by atoms with Gasteiger partial charge in [0.25, 0.3) is 0 Å². The van der Waals surface area contributed by atoms with E-state index in [-0.39, 0.29) is 11.9 Å². The van der Waals surface area contributed by atoms with Crippen LogP contribution in [-0.4, -0.2) is 27.5 Å². The monoisotopic (exact) mass is 353 g/mol. The summed E-state index contributed by atoms with van der Waals surface area (Å²) in [7, 11) is 0. The second kappa shape index (κ2) is 7.19. The Hall–Kier alpha value is -2.47. The number of aromatic nitrogens is 2. The number of thiophene rings is 1. The van der Waals surface area contributed by atoms with Gasteiger partial charge in [-0.05, 0) is 29.9 Å². The third-order valence-electron chi connectivity index (χ3n) is 4.56. The van der Waals surface area contributed by atoms with Gasteiger partial charge in [0.05, 0.1) is 6.04 Å². The van der Waals surface area contributed by atoms with Crippen LogP contribution in [0.2, 0.25) is 0 Å². The Balaban J connectivity index is 1.39. The molecule has 3 heterocycles. The number of carbonyl (C=O) groups excluding carboxylic acids is 1. The maximum Gasteiger partial charge on any atom is 0.227 e. The first-order valence-electron chi connectivity index (χ1n) is 8.51. The molecule has 1 fully saturated rings. The number of likely N-dealkylation sites (tertiary alicyclic amines) is 1. The Labute approximate surface area is 150 Å². The number of hydrogen-bond donors (Lipinski definition) is 0. The van der Waals surface area contributed by atoms with Gasteiger partial charge in [0, 0.05) is 30.3 Å². The van der Waals surface area contributed by atoms with Gasteiger partial charge in [-0.1, -0.05) is 35.5 Å². The van der Waals surface area contributed by atoms with E-state index in [1.807, 2.05) is 39.9 Å². The number of rotatable bonds is 5. The van der Waals surface area contributed by atoms with Crippen molar-refractivity contribution in [3.05, 3.63) is 58.6 Å². The number of nitrogens with zero attached hydrogens (tertiary/aromatic N) is 3. The van der Waals surface area contributed by atoms with Crippen molar-refractivity contribution in [2.24, 2.45) is 0 Å². The fourth-order valence-electron chi connectivity index (χ4n) is 3.31. The second-order valence-corrected chi connectivity index (χ2v) is 6.96. The summed E-state index contributed by atoms with van der Waals surface area (Å²) in [5, 5.41) is 7.95. The first kappa shape index (κ1) is 16.0. The van der Waals surface area contributed by atoms with Crippen molar-refractivity contribution in [3.63, 3.8) is 0 Å². The zero-order valence-corrected chi connectivity index (χ0v) is 14.6. The molecule has 0 N–H and O–H groups in total. The summed E-state index contributed by atoms with van der Waals surface area (Å²) >= 11 is 1.59. The lowest BCUT2D eigenvalue weighted by Gasteiger charge is -2.25. The second-order valence-electron chi connectivity index (χ2n) is 6.18. The highest BCUT2D eigenvalue weighted by Crippen LogP contribution is 2.32. The predicted molar refractivity (Wildman–Crippen MR) is 96.1 cm³/mol. The van der Waals surface area contributed by atoms with Crippen molar-refractivity contribution in [1.82, 2.24) is 15.0 Å². The van der Waals surface area contributed by atoms with E-state index in [0.29, 0.717) is 24.6 Å². The Kier molecular flexibility index (Phi) is 4.61. The summed E-state index contributed by atoms with van der Waals surface area (Å²) in [6.45, 7) is 0.822. The van der Waals surface area contributed by atoms with Gasteiger partial charge in [0.15, 0.2) is 0 Å². The highest BCUT2D eigenvalue weighted by atomic mass is 32.1. The van der Waals surface area contributed by atoms with Crippen LogP contribution >= 0.6 is 11.3 Å². The normalized spacial score (nSPS) is 17.1.